The average Bonchev–Trinajstić information content (AvgIpc) is 3.38. The van der Waals surface area contributed by atoms with E-state index >= 15 is 0 Å². The summed E-state index contributed by atoms with van der Waals surface area (Å²) in [6, 6.07) is 21.9. The maximum Gasteiger partial charge on any atom is 0.150 e. The SMILES string of the molecule is CC1=C(c2cccc(O)c2)C(c2ccc(OCC3CCCC4CCCN43)cc2)Oc2ccc(O)cc21. The quantitative estimate of drug-likeness (QED) is 0.430. The van der Waals surface area contributed by atoms with Crippen LogP contribution in [0.25, 0.3) is 11.1 Å². The minimum absolute atomic E-state index is 0.199. The molecule has 2 fully saturated rings. The Bertz CT molecular complexity index is 1280. The molecular weight excluding hydrogens is 450 g/mol. The topological polar surface area (TPSA) is 62.2 Å². The second kappa shape index (κ2) is 9.55. The molecule has 0 bridgehead atoms. The number of aromatic hydroxyl groups is 2. The van der Waals surface area contributed by atoms with Gasteiger partial charge in [0.05, 0.1) is 0 Å². The van der Waals surface area contributed by atoms with Crippen molar-refractivity contribution in [2.24, 2.45) is 0 Å². The molecule has 0 aromatic heterocycles. The van der Waals surface area contributed by atoms with E-state index in [0.29, 0.717) is 6.04 Å². The molecule has 3 unspecified atom stereocenters. The van der Waals surface area contributed by atoms with Crippen LogP contribution in [0.5, 0.6) is 23.0 Å². The van der Waals surface area contributed by atoms with Gasteiger partial charge in [0.1, 0.15) is 35.7 Å². The second-order valence-corrected chi connectivity index (χ2v) is 10.3. The van der Waals surface area contributed by atoms with Crippen molar-refractivity contribution in [3.63, 3.8) is 0 Å². The van der Waals surface area contributed by atoms with Crippen molar-refractivity contribution in [3.8, 4) is 23.0 Å². The third-order valence-corrected chi connectivity index (χ3v) is 8.03. The summed E-state index contributed by atoms with van der Waals surface area (Å²) < 4.78 is 12.8. The zero-order chi connectivity index (χ0) is 24.6. The maximum absolute atomic E-state index is 10.2. The van der Waals surface area contributed by atoms with Crippen molar-refractivity contribution in [1.29, 1.82) is 0 Å². The van der Waals surface area contributed by atoms with Gasteiger partial charge in [0, 0.05) is 23.2 Å². The lowest BCUT2D eigenvalue weighted by Gasteiger charge is -2.37. The molecule has 3 aromatic carbocycles. The summed E-state index contributed by atoms with van der Waals surface area (Å²) in [5.74, 6) is 2.02. The molecule has 5 nitrogen and oxygen atoms in total. The van der Waals surface area contributed by atoms with Crippen molar-refractivity contribution in [1.82, 2.24) is 4.90 Å². The fourth-order valence-electron chi connectivity index (χ4n) is 6.23. The van der Waals surface area contributed by atoms with Crippen LogP contribution in [0.15, 0.2) is 66.7 Å². The van der Waals surface area contributed by atoms with Gasteiger partial charge in [-0.2, -0.15) is 0 Å². The highest BCUT2D eigenvalue weighted by Crippen LogP contribution is 2.47. The van der Waals surface area contributed by atoms with Gasteiger partial charge in [-0.15, -0.1) is 0 Å². The Hall–Kier alpha value is -3.44. The molecule has 3 atom stereocenters. The number of benzene rings is 3. The Morgan fingerprint density at radius 3 is 2.56 bits per heavy atom. The molecule has 0 saturated carbocycles. The van der Waals surface area contributed by atoms with E-state index in [4.69, 9.17) is 9.47 Å². The van der Waals surface area contributed by atoms with E-state index in [2.05, 4.69) is 17.0 Å². The predicted molar refractivity (Wildman–Crippen MR) is 141 cm³/mol. The van der Waals surface area contributed by atoms with Gasteiger partial charge in [-0.25, -0.2) is 0 Å². The first kappa shape index (κ1) is 23.0. The van der Waals surface area contributed by atoms with Crippen LogP contribution in [0.3, 0.4) is 0 Å². The van der Waals surface area contributed by atoms with Gasteiger partial charge in [0.15, 0.2) is 0 Å². The van der Waals surface area contributed by atoms with Crippen LogP contribution in [-0.4, -0.2) is 40.3 Å². The number of hydrogen-bond donors (Lipinski definition) is 2. The van der Waals surface area contributed by atoms with Gasteiger partial charge >= 0.3 is 0 Å². The molecule has 3 aliphatic rings. The number of allylic oxidation sites excluding steroid dienone is 1. The third kappa shape index (κ3) is 4.33. The molecule has 36 heavy (non-hydrogen) atoms. The molecule has 2 saturated heterocycles. The number of nitrogens with zero attached hydrogens (tertiary/aromatic N) is 1. The Morgan fingerprint density at radius 2 is 1.72 bits per heavy atom. The van der Waals surface area contributed by atoms with E-state index in [9.17, 15) is 10.2 Å². The molecule has 5 heteroatoms. The summed E-state index contributed by atoms with van der Waals surface area (Å²) in [7, 11) is 0. The monoisotopic (exact) mass is 483 g/mol. The van der Waals surface area contributed by atoms with Crippen LogP contribution < -0.4 is 9.47 Å². The minimum Gasteiger partial charge on any atom is -0.508 e. The zero-order valence-electron chi connectivity index (χ0n) is 20.7. The van der Waals surface area contributed by atoms with E-state index < -0.39 is 0 Å². The van der Waals surface area contributed by atoms with Gasteiger partial charge in [-0.05, 0) is 98.3 Å². The van der Waals surface area contributed by atoms with E-state index in [-0.39, 0.29) is 17.6 Å². The molecule has 0 radical (unpaired) electrons. The average molecular weight is 484 g/mol. The van der Waals surface area contributed by atoms with Crippen LogP contribution >= 0.6 is 0 Å². The Kier molecular flexibility index (Phi) is 6.10. The molecule has 0 aliphatic carbocycles. The summed E-state index contributed by atoms with van der Waals surface area (Å²) in [6.45, 7) is 3.99. The first-order valence-electron chi connectivity index (χ1n) is 13.1. The number of piperidine rings is 1. The van der Waals surface area contributed by atoms with Crippen molar-refractivity contribution >= 4 is 11.1 Å². The Labute approximate surface area is 212 Å². The number of phenolic OH excluding ortho intramolecular Hbond substituents is 2. The van der Waals surface area contributed by atoms with Crippen molar-refractivity contribution < 1.29 is 19.7 Å². The standard InChI is InChI=1S/C31H33NO4/c1-20-28-18-26(34)12-15-29(28)36-31(30(20)22-5-2-9-25(33)17-22)21-10-13-27(14-11-21)35-19-24-7-3-6-23-8-4-16-32(23)24/h2,5,9-15,17-18,23-24,31,33-34H,3-4,6-8,16,19H2,1H3. The van der Waals surface area contributed by atoms with Crippen molar-refractivity contribution in [3.05, 3.63) is 83.4 Å². The number of fused-ring (bicyclic) bond motifs is 2. The second-order valence-electron chi connectivity index (χ2n) is 10.3. The molecule has 3 aromatic rings. The first-order valence-corrected chi connectivity index (χ1v) is 13.1. The molecule has 6 rings (SSSR count). The molecule has 0 spiro atoms. The molecule has 186 valence electrons. The minimum atomic E-state index is -0.346. The summed E-state index contributed by atoms with van der Waals surface area (Å²) in [6.07, 6.45) is 6.16. The number of hydrogen-bond acceptors (Lipinski definition) is 5. The first-order chi connectivity index (χ1) is 17.6. The molecule has 3 aliphatic heterocycles. The zero-order valence-corrected chi connectivity index (χ0v) is 20.7. The fraction of sp³-hybridized carbons (Fsp3) is 0.355. The van der Waals surface area contributed by atoms with E-state index in [1.54, 1.807) is 24.3 Å². The summed E-state index contributed by atoms with van der Waals surface area (Å²) in [5.41, 5.74) is 4.75. The van der Waals surface area contributed by atoms with Gasteiger partial charge < -0.3 is 19.7 Å². The van der Waals surface area contributed by atoms with Gasteiger partial charge in [0.2, 0.25) is 0 Å². The van der Waals surface area contributed by atoms with Crippen LogP contribution in [0.1, 0.15) is 61.8 Å². The lowest BCUT2D eigenvalue weighted by molar-refractivity contribution is 0.0819. The van der Waals surface area contributed by atoms with Crippen LogP contribution in [-0.2, 0) is 0 Å². The number of rotatable bonds is 5. The van der Waals surface area contributed by atoms with Crippen molar-refractivity contribution in [2.45, 2.75) is 57.2 Å². The predicted octanol–water partition coefficient (Wildman–Crippen LogP) is 6.56. The van der Waals surface area contributed by atoms with E-state index in [1.807, 2.05) is 37.3 Å². The highest BCUT2D eigenvalue weighted by atomic mass is 16.5. The third-order valence-electron chi connectivity index (χ3n) is 8.03. The van der Waals surface area contributed by atoms with Crippen molar-refractivity contribution in [2.75, 3.05) is 13.2 Å². The van der Waals surface area contributed by atoms with Gasteiger partial charge in [0.25, 0.3) is 0 Å². The number of phenols is 2. The van der Waals surface area contributed by atoms with Gasteiger partial charge in [-0.3, -0.25) is 4.90 Å². The molecule has 0 amide bonds. The highest BCUT2D eigenvalue weighted by molar-refractivity contribution is 5.95. The summed E-state index contributed by atoms with van der Waals surface area (Å²) in [5, 5.41) is 20.2. The smallest absolute Gasteiger partial charge is 0.150 e. The lowest BCUT2D eigenvalue weighted by Crippen LogP contribution is -2.45. The van der Waals surface area contributed by atoms with Crippen LogP contribution in [0.2, 0.25) is 0 Å². The van der Waals surface area contributed by atoms with E-state index in [0.717, 1.165) is 52.0 Å². The largest absolute Gasteiger partial charge is 0.508 e. The molecule has 2 N–H and O–H groups in total. The molecule has 3 heterocycles. The molecular formula is C31H33NO4. The number of ether oxygens (including phenoxy) is 2. The van der Waals surface area contributed by atoms with E-state index in [1.165, 1.54) is 38.6 Å². The maximum atomic E-state index is 10.2. The Balaban J connectivity index is 1.26. The lowest BCUT2D eigenvalue weighted by atomic mass is 9.86. The summed E-state index contributed by atoms with van der Waals surface area (Å²) >= 11 is 0. The highest BCUT2D eigenvalue weighted by Gasteiger charge is 2.34. The fourth-order valence-corrected chi connectivity index (χ4v) is 6.23. The van der Waals surface area contributed by atoms with Crippen LogP contribution in [0.4, 0.5) is 0 Å². The normalized spacial score (nSPS) is 23.6. The Morgan fingerprint density at radius 1 is 0.917 bits per heavy atom. The summed E-state index contributed by atoms with van der Waals surface area (Å²) in [4.78, 5) is 2.66. The van der Waals surface area contributed by atoms with Crippen LogP contribution in [0, 0.1) is 0 Å². The van der Waals surface area contributed by atoms with Gasteiger partial charge in [-0.1, -0.05) is 30.7 Å².